The van der Waals surface area contributed by atoms with Crippen LogP contribution in [0.1, 0.15) is 36.5 Å². The first-order valence-electron chi connectivity index (χ1n) is 6.41. The number of hydrogen-bond donors (Lipinski definition) is 1. The van der Waals surface area contributed by atoms with E-state index in [0.29, 0.717) is 6.54 Å². The molecular formula is C14H20N4. The third kappa shape index (κ3) is 2.23. The van der Waals surface area contributed by atoms with Gasteiger partial charge in [-0.25, -0.2) is 0 Å². The Morgan fingerprint density at radius 2 is 2.00 bits per heavy atom. The standard InChI is InChI=1S/C14H20N4/c1-4-11-14(15)13(5-2)18(17-11)9-12-10(3)7-6-8-16-12/h6-8H,4-5,9,15H2,1-3H3. The Morgan fingerprint density at radius 3 is 2.61 bits per heavy atom. The van der Waals surface area contributed by atoms with Gasteiger partial charge in [0, 0.05) is 6.20 Å². The van der Waals surface area contributed by atoms with Gasteiger partial charge >= 0.3 is 0 Å². The van der Waals surface area contributed by atoms with Gasteiger partial charge in [-0.3, -0.25) is 9.67 Å². The predicted molar refractivity (Wildman–Crippen MR) is 73.5 cm³/mol. The summed E-state index contributed by atoms with van der Waals surface area (Å²) in [5.74, 6) is 0. The van der Waals surface area contributed by atoms with Crippen LogP contribution in [0.4, 0.5) is 5.69 Å². The van der Waals surface area contributed by atoms with Crippen LogP contribution in [-0.2, 0) is 19.4 Å². The van der Waals surface area contributed by atoms with E-state index in [-0.39, 0.29) is 0 Å². The molecule has 0 amide bonds. The zero-order valence-corrected chi connectivity index (χ0v) is 11.3. The molecule has 0 aliphatic carbocycles. The maximum atomic E-state index is 6.11. The molecule has 4 heteroatoms. The molecule has 0 aliphatic rings. The second-order valence-corrected chi connectivity index (χ2v) is 4.44. The quantitative estimate of drug-likeness (QED) is 0.898. The maximum absolute atomic E-state index is 6.11. The van der Waals surface area contributed by atoms with Crippen molar-refractivity contribution in [3.8, 4) is 0 Å². The van der Waals surface area contributed by atoms with Crippen molar-refractivity contribution in [2.75, 3.05) is 5.73 Å². The van der Waals surface area contributed by atoms with Gasteiger partial charge in [-0.15, -0.1) is 0 Å². The molecular weight excluding hydrogens is 224 g/mol. The molecule has 2 heterocycles. The molecule has 4 nitrogen and oxygen atoms in total. The minimum Gasteiger partial charge on any atom is -0.396 e. The second kappa shape index (κ2) is 5.21. The third-order valence-corrected chi connectivity index (χ3v) is 3.26. The molecule has 0 unspecified atom stereocenters. The van der Waals surface area contributed by atoms with E-state index in [1.165, 1.54) is 5.56 Å². The summed E-state index contributed by atoms with van der Waals surface area (Å²) >= 11 is 0. The Morgan fingerprint density at radius 1 is 1.22 bits per heavy atom. The molecule has 0 radical (unpaired) electrons. The highest BCUT2D eigenvalue weighted by Gasteiger charge is 2.13. The minimum absolute atomic E-state index is 0.694. The van der Waals surface area contributed by atoms with Gasteiger partial charge < -0.3 is 5.73 Å². The van der Waals surface area contributed by atoms with Gasteiger partial charge in [-0.05, 0) is 31.4 Å². The molecule has 0 saturated heterocycles. The first kappa shape index (κ1) is 12.6. The van der Waals surface area contributed by atoms with Crippen LogP contribution in [0.25, 0.3) is 0 Å². The van der Waals surface area contributed by atoms with Crippen LogP contribution in [0.2, 0.25) is 0 Å². The van der Waals surface area contributed by atoms with E-state index in [0.717, 1.165) is 35.6 Å². The average Bonchev–Trinajstić information content (AvgIpc) is 2.68. The fraction of sp³-hybridized carbons (Fsp3) is 0.429. The number of hydrogen-bond acceptors (Lipinski definition) is 3. The van der Waals surface area contributed by atoms with Crippen molar-refractivity contribution in [2.24, 2.45) is 0 Å². The highest BCUT2D eigenvalue weighted by atomic mass is 15.3. The number of anilines is 1. The van der Waals surface area contributed by atoms with Crippen LogP contribution in [0.15, 0.2) is 18.3 Å². The first-order valence-corrected chi connectivity index (χ1v) is 6.41. The van der Waals surface area contributed by atoms with Gasteiger partial charge in [0.25, 0.3) is 0 Å². The number of nitrogens with two attached hydrogens (primary N) is 1. The van der Waals surface area contributed by atoms with Crippen molar-refractivity contribution in [3.05, 3.63) is 41.0 Å². The Kier molecular flexibility index (Phi) is 3.65. The largest absolute Gasteiger partial charge is 0.396 e. The summed E-state index contributed by atoms with van der Waals surface area (Å²) in [6.07, 6.45) is 3.58. The Hall–Kier alpha value is -1.84. The molecule has 18 heavy (non-hydrogen) atoms. The van der Waals surface area contributed by atoms with Crippen LogP contribution in [-0.4, -0.2) is 14.8 Å². The van der Waals surface area contributed by atoms with Gasteiger partial charge in [0.05, 0.1) is 29.3 Å². The summed E-state index contributed by atoms with van der Waals surface area (Å²) in [6.45, 7) is 6.95. The van der Waals surface area contributed by atoms with Gasteiger partial charge in [-0.1, -0.05) is 19.9 Å². The van der Waals surface area contributed by atoms with Gasteiger partial charge in [-0.2, -0.15) is 5.10 Å². The molecule has 0 atom stereocenters. The molecule has 0 spiro atoms. The van der Waals surface area contributed by atoms with E-state index < -0.39 is 0 Å². The highest BCUT2D eigenvalue weighted by molar-refractivity contribution is 5.48. The topological polar surface area (TPSA) is 56.7 Å². The molecule has 0 saturated carbocycles. The number of nitrogen functional groups attached to an aromatic ring is 1. The fourth-order valence-corrected chi connectivity index (χ4v) is 2.16. The van der Waals surface area contributed by atoms with Crippen molar-refractivity contribution >= 4 is 5.69 Å². The van der Waals surface area contributed by atoms with Crippen LogP contribution in [0.3, 0.4) is 0 Å². The maximum Gasteiger partial charge on any atom is 0.0854 e. The molecule has 0 aliphatic heterocycles. The van der Waals surface area contributed by atoms with Crippen LogP contribution >= 0.6 is 0 Å². The zero-order valence-electron chi connectivity index (χ0n) is 11.3. The average molecular weight is 244 g/mol. The lowest BCUT2D eigenvalue weighted by atomic mass is 10.2. The van der Waals surface area contributed by atoms with Gasteiger partial charge in [0.15, 0.2) is 0 Å². The van der Waals surface area contributed by atoms with Crippen LogP contribution < -0.4 is 5.73 Å². The SMILES string of the molecule is CCc1nn(Cc2ncccc2C)c(CC)c1N. The van der Waals surface area contributed by atoms with Crippen LogP contribution in [0, 0.1) is 6.92 Å². The number of rotatable bonds is 4. The summed E-state index contributed by atoms with van der Waals surface area (Å²) in [7, 11) is 0. The van der Waals surface area contributed by atoms with Gasteiger partial charge in [0.1, 0.15) is 0 Å². The zero-order chi connectivity index (χ0) is 13.1. The van der Waals surface area contributed by atoms with Crippen LogP contribution in [0.5, 0.6) is 0 Å². The molecule has 2 rings (SSSR count). The van der Waals surface area contributed by atoms with E-state index >= 15 is 0 Å². The Bertz CT molecular complexity index is 543. The molecule has 0 fully saturated rings. The lowest BCUT2D eigenvalue weighted by molar-refractivity contribution is 0.627. The summed E-state index contributed by atoms with van der Waals surface area (Å²) in [4.78, 5) is 4.41. The fourth-order valence-electron chi connectivity index (χ4n) is 2.16. The molecule has 2 aromatic rings. The van der Waals surface area contributed by atoms with E-state index in [1.807, 2.05) is 16.9 Å². The predicted octanol–water partition coefficient (Wildman–Crippen LogP) is 2.34. The summed E-state index contributed by atoms with van der Waals surface area (Å²) in [6, 6.07) is 4.02. The number of aromatic nitrogens is 3. The molecule has 96 valence electrons. The summed E-state index contributed by atoms with van der Waals surface area (Å²) in [5.41, 5.74) is 11.3. The van der Waals surface area contributed by atoms with E-state index in [9.17, 15) is 0 Å². The van der Waals surface area contributed by atoms with Gasteiger partial charge in [0.2, 0.25) is 0 Å². The first-order chi connectivity index (χ1) is 8.67. The number of nitrogens with zero attached hydrogens (tertiary/aromatic N) is 3. The lowest BCUT2D eigenvalue weighted by Crippen LogP contribution is -2.09. The number of aryl methyl sites for hydroxylation is 2. The van der Waals surface area contributed by atoms with Crippen molar-refractivity contribution in [1.29, 1.82) is 0 Å². The highest BCUT2D eigenvalue weighted by Crippen LogP contribution is 2.19. The van der Waals surface area contributed by atoms with Crippen molar-refractivity contribution in [3.63, 3.8) is 0 Å². The smallest absolute Gasteiger partial charge is 0.0854 e. The van der Waals surface area contributed by atoms with Crippen molar-refractivity contribution in [1.82, 2.24) is 14.8 Å². The monoisotopic (exact) mass is 244 g/mol. The van der Waals surface area contributed by atoms with E-state index in [1.54, 1.807) is 0 Å². The third-order valence-electron chi connectivity index (χ3n) is 3.26. The summed E-state index contributed by atoms with van der Waals surface area (Å²) < 4.78 is 1.99. The molecule has 0 aromatic carbocycles. The van der Waals surface area contributed by atoms with Crippen molar-refractivity contribution < 1.29 is 0 Å². The normalized spacial score (nSPS) is 10.8. The number of pyridine rings is 1. The second-order valence-electron chi connectivity index (χ2n) is 4.44. The van der Waals surface area contributed by atoms with E-state index in [2.05, 4.69) is 36.9 Å². The Balaban J connectivity index is 2.37. The molecule has 2 N–H and O–H groups in total. The van der Waals surface area contributed by atoms with Crippen molar-refractivity contribution in [2.45, 2.75) is 40.2 Å². The Labute approximate surface area is 108 Å². The molecule has 2 aromatic heterocycles. The molecule has 0 bridgehead atoms. The summed E-state index contributed by atoms with van der Waals surface area (Å²) in [5, 5.41) is 4.59. The minimum atomic E-state index is 0.694. The van der Waals surface area contributed by atoms with E-state index in [4.69, 9.17) is 5.73 Å². The lowest BCUT2D eigenvalue weighted by Gasteiger charge is -2.07.